The molecule has 0 fully saturated rings. The van der Waals surface area contributed by atoms with Crippen molar-refractivity contribution in [1.29, 1.82) is 0 Å². The van der Waals surface area contributed by atoms with E-state index in [1.54, 1.807) is 13.2 Å². The minimum atomic E-state index is 0.00130. The molecule has 3 N–H and O–H groups in total. The summed E-state index contributed by atoms with van der Waals surface area (Å²) in [5.41, 5.74) is 0.690. The van der Waals surface area contributed by atoms with Gasteiger partial charge in [0, 0.05) is 7.05 Å². The quantitative estimate of drug-likeness (QED) is 0.675. The van der Waals surface area contributed by atoms with Crippen LogP contribution in [0.1, 0.15) is 24.5 Å². The van der Waals surface area contributed by atoms with Gasteiger partial charge in [0.15, 0.2) is 5.65 Å². The zero-order valence-corrected chi connectivity index (χ0v) is 11.6. The maximum Gasteiger partial charge on any atom is 0.226 e. The highest BCUT2D eigenvalue weighted by molar-refractivity contribution is 5.87. The molecular formula is C13H16N6O. The smallest absolute Gasteiger partial charge is 0.226 e. The van der Waals surface area contributed by atoms with Gasteiger partial charge in [-0.3, -0.25) is 5.10 Å². The maximum absolute atomic E-state index is 5.62. The highest BCUT2D eigenvalue weighted by Crippen LogP contribution is 2.25. The first-order valence-electron chi connectivity index (χ1n) is 6.39. The fraction of sp³-hybridized carbons (Fsp3) is 0.308. The predicted octanol–water partition coefficient (Wildman–Crippen LogP) is 2.47. The van der Waals surface area contributed by atoms with Crippen molar-refractivity contribution in [2.75, 3.05) is 17.7 Å². The Morgan fingerprint density at radius 3 is 2.85 bits per heavy atom. The average Bonchev–Trinajstić information content (AvgIpc) is 3.06. The third-order valence-corrected chi connectivity index (χ3v) is 3.07. The van der Waals surface area contributed by atoms with Crippen molar-refractivity contribution in [3.8, 4) is 0 Å². The van der Waals surface area contributed by atoms with Gasteiger partial charge in [-0.15, -0.1) is 0 Å². The second-order valence-electron chi connectivity index (χ2n) is 4.59. The lowest BCUT2D eigenvalue weighted by Crippen LogP contribution is -2.09. The zero-order valence-electron chi connectivity index (χ0n) is 11.6. The normalized spacial score (nSPS) is 12.6. The molecule has 0 radical (unpaired) electrons. The lowest BCUT2D eigenvalue weighted by Gasteiger charge is -2.13. The Morgan fingerprint density at radius 1 is 1.30 bits per heavy atom. The molecule has 7 heteroatoms. The van der Waals surface area contributed by atoms with Gasteiger partial charge < -0.3 is 15.1 Å². The summed E-state index contributed by atoms with van der Waals surface area (Å²) in [6, 6.07) is 3.90. The molecule has 20 heavy (non-hydrogen) atoms. The van der Waals surface area contributed by atoms with E-state index in [0.717, 1.165) is 22.7 Å². The molecule has 0 bridgehead atoms. The van der Waals surface area contributed by atoms with Crippen molar-refractivity contribution >= 4 is 22.8 Å². The second kappa shape index (κ2) is 4.84. The van der Waals surface area contributed by atoms with E-state index >= 15 is 0 Å². The highest BCUT2D eigenvalue weighted by atomic mass is 16.3. The molecule has 0 aliphatic rings. The van der Waals surface area contributed by atoms with Gasteiger partial charge in [-0.1, -0.05) is 0 Å². The van der Waals surface area contributed by atoms with E-state index in [9.17, 15) is 0 Å². The van der Waals surface area contributed by atoms with Crippen LogP contribution in [0.15, 0.2) is 22.7 Å². The molecule has 0 amide bonds. The van der Waals surface area contributed by atoms with Crippen LogP contribution >= 0.6 is 0 Å². The Bertz CT molecular complexity index is 731. The Balaban J connectivity index is 1.95. The Hall–Kier alpha value is -2.57. The van der Waals surface area contributed by atoms with Crippen molar-refractivity contribution < 1.29 is 4.42 Å². The van der Waals surface area contributed by atoms with Gasteiger partial charge in [-0.05, 0) is 26.0 Å². The molecule has 104 valence electrons. The standard InChI is InChI=1S/C13H16N6O/c1-7-4-5-10(20-7)8(2)16-11-9-6-15-19-12(9)18-13(14-3)17-11/h4-6,8H,1-3H3,(H3,14,15,16,17,18,19). The van der Waals surface area contributed by atoms with Crippen LogP contribution in [0, 0.1) is 6.92 Å². The summed E-state index contributed by atoms with van der Waals surface area (Å²) >= 11 is 0. The van der Waals surface area contributed by atoms with Crippen LogP contribution in [0.2, 0.25) is 0 Å². The van der Waals surface area contributed by atoms with Crippen LogP contribution in [0.4, 0.5) is 11.8 Å². The van der Waals surface area contributed by atoms with Crippen LogP contribution in [0.25, 0.3) is 11.0 Å². The fourth-order valence-corrected chi connectivity index (χ4v) is 2.02. The Kier molecular flexibility index (Phi) is 3.02. The summed E-state index contributed by atoms with van der Waals surface area (Å²) in [5, 5.41) is 14.0. The van der Waals surface area contributed by atoms with Crippen molar-refractivity contribution in [2.45, 2.75) is 19.9 Å². The second-order valence-corrected chi connectivity index (χ2v) is 4.59. The number of hydrogen-bond acceptors (Lipinski definition) is 6. The summed E-state index contributed by atoms with van der Waals surface area (Å²) in [4.78, 5) is 8.72. The first-order valence-corrected chi connectivity index (χ1v) is 6.39. The Morgan fingerprint density at radius 2 is 2.15 bits per heavy atom. The fourth-order valence-electron chi connectivity index (χ4n) is 2.02. The summed E-state index contributed by atoms with van der Waals surface area (Å²) < 4.78 is 5.62. The van der Waals surface area contributed by atoms with E-state index < -0.39 is 0 Å². The first-order chi connectivity index (χ1) is 9.67. The van der Waals surface area contributed by atoms with Gasteiger partial charge in [0.25, 0.3) is 0 Å². The lowest BCUT2D eigenvalue weighted by atomic mass is 10.2. The average molecular weight is 272 g/mol. The molecule has 3 aromatic rings. The van der Waals surface area contributed by atoms with Crippen molar-refractivity contribution in [1.82, 2.24) is 20.2 Å². The topological polar surface area (TPSA) is 91.7 Å². The van der Waals surface area contributed by atoms with E-state index in [4.69, 9.17) is 4.42 Å². The summed E-state index contributed by atoms with van der Waals surface area (Å²) in [5.74, 6) is 3.01. The summed E-state index contributed by atoms with van der Waals surface area (Å²) in [6.45, 7) is 3.94. The number of H-pyrrole nitrogens is 1. The minimum Gasteiger partial charge on any atom is -0.464 e. The number of fused-ring (bicyclic) bond motifs is 1. The van der Waals surface area contributed by atoms with E-state index in [0.29, 0.717) is 11.6 Å². The van der Waals surface area contributed by atoms with Crippen LogP contribution < -0.4 is 10.6 Å². The van der Waals surface area contributed by atoms with Crippen LogP contribution in [0.3, 0.4) is 0 Å². The van der Waals surface area contributed by atoms with Crippen LogP contribution in [-0.2, 0) is 0 Å². The van der Waals surface area contributed by atoms with Crippen LogP contribution in [0.5, 0.6) is 0 Å². The number of aromatic nitrogens is 4. The molecule has 7 nitrogen and oxygen atoms in total. The monoisotopic (exact) mass is 272 g/mol. The number of furan rings is 1. The van der Waals surface area contributed by atoms with Crippen LogP contribution in [-0.4, -0.2) is 27.2 Å². The number of aryl methyl sites for hydroxylation is 1. The molecular weight excluding hydrogens is 256 g/mol. The number of aromatic amines is 1. The molecule has 0 spiro atoms. The van der Waals surface area contributed by atoms with Gasteiger partial charge in [0.1, 0.15) is 17.3 Å². The molecule has 1 atom stereocenters. The number of nitrogens with one attached hydrogen (secondary N) is 3. The third kappa shape index (κ3) is 2.18. The number of anilines is 2. The SMILES string of the molecule is CNc1nc(NC(C)c2ccc(C)o2)c2cn[nH]c2n1. The maximum atomic E-state index is 5.62. The predicted molar refractivity (Wildman–Crippen MR) is 76.7 cm³/mol. The number of nitrogens with zero attached hydrogens (tertiary/aromatic N) is 3. The van der Waals surface area contributed by atoms with E-state index in [-0.39, 0.29) is 6.04 Å². The van der Waals surface area contributed by atoms with Gasteiger partial charge in [0.2, 0.25) is 5.95 Å². The van der Waals surface area contributed by atoms with Crippen molar-refractivity contribution in [3.63, 3.8) is 0 Å². The summed E-state index contributed by atoms with van der Waals surface area (Å²) in [6.07, 6.45) is 1.71. The summed E-state index contributed by atoms with van der Waals surface area (Å²) in [7, 11) is 1.78. The first kappa shape index (κ1) is 12.5. The van der Waals surface area contributed by atoms with E-state index in [2.05, 4.69) is 30.8 Å². The van der Waals surface area contributed by atoms with Gasteiger partial charge in [0.05, 0.1) is 17.6 Å². The molecule has 0 aliphatic heterocycles. The van der Waals surface area contributed by atoms with Gasteiger partial charge in [-0.25, -0.2) is 0 Å². The Labute approximate surface area is 115 Å². The molecule has 0 saturated carbocycles. The van der Waals surface area contributed by atoms with Crippen molar-refractivity contribution in [2.24, 2.45) is 0 Å². The van der Waals surface area contributed by atoms with E-state index in [1.165, 1.54) is 0 Å². The third-order valence-electron chi connectivity index (χ3n) is 3.07. The zero-order chi connectivity index (χ0) is 14.1. The lowest BCUT2D eigenvalue weighted by molar-refractivity contribution is 0.466. The van der Waals surface area contributed by atoms with Gasteiger partial charge in [-0.2, -0.15) is 15.1 Å². The molecule has 1 unspecified atom stereocenters. The molecule has 3 aromatic heterocycles. The molecule has 3 heterocycles. The largest absolute Gasteiger partial charge is 0.464 e. The minimum absolute atomic E-state index is 0.00130. The van der Waals surface area contributed by atoms with Gasteiger partial charge >= 0.3 is 0 Å². The number of hydrogen-bond donors (Lipinski definition) is 3. The molecule has 0 aromatic carbocycles. The van der Waals surface area contributed by atoms with Crippen molar-refractivity contribution in [3.05, 3.63) is 29.9 Å². The highest BCUT2D eigenvalue weighted by Gasteiger charge is 2.14. The molecule has 0 saturated heterocycles. The van der Waals surface area contributed by atoms with E-state index in [1.807, 2.05) is 26.0 Å². The number of rotatable bonds is 4. The molecule has 3 rings (SSSR count). The molecule has 0 aliphatic carbocycles.